The summed E-state index contributed by atoms with van der Waals surface area (Å²) < 4.78 is 11.0. The molecular formula is C21H22ClN3O3. The molecule has 0 bridgehead atoms. The average molecular weight is 400 g/mol. The number of aryl methyl sites for hydroxylation is 3. The van der Waals surface area contributed by atoms with Gasteiger partial charge in [-0.15, -0.1) is 0 Å². The highest BCUT2D eigenvalue weighted by atomic mass is 35.5. The second kappa shape index (κ2) is 8.44. The Hall–Kier alpha value is -2.86. The highest BCUT2D eigenvalue weighted by Gasteiger charge is 2.17. The molecule has 0 fully saturated rings. The van der Waals surface area contributed by atoms with Crippen LogP contribution >= 0.6 is 11.6 Å². The molecule has 0 aliphatic heterocycles. The van der Waals surface area contributed by atoms with E-state index in [1.54, 1.807) is 6.92 Å². The maximum absolute atomic E-state index is 12.3. The lowest BCUT2D eigenvalue weighted by molar-refractivity contribution is -0.127. The molecule has 0 spiro atoms. The zero-order chi connectivity index (χ0) is 20.3. The van der Waals surface area contributed by atoms with Crippen LogP contribution in [0.2, 0.25) is 5.02 Å². The zero-order valence-electron chi connectivity index (χ0n) is 16.2. The molecule has 1 aromatic heterocycles. The number of rotatable bonds is 6. The SMILES string of the molecule is Cc1cccc(-c2noc(CNC(=O)[C@H](C)Oc3cc(C)c(Cl)c(C)c3)n2)c1. The van der Waals surface area contributed by atoms with Crippen LogP contribution in [0.1, 0.15) is 29.5 Å². The fourth-order valence-electron chi connectivity index (χ4n) is 2.77. The summed E-state index contributed by atoms with van der Waals surface area (Å²) in [4.78, 5) is 16.6. The number of carbonyl (C=O) groups excluding carboxylic acids is 1. The second-order valence-corrected chi connectivity index (χ2v) is 7.11. The summed E-state index contributed by atoms with van der Waals surface area (Å²) in [5.41, 5.74) is 3.78. The van der Waals surface area contributed by atoms with Crippen molar-refractivity contribution < 1.29 is 14.1 Å². The van der Waals surface area contributed by atoms with Gasteiger partial charge in [0.15, 0.2) is 6.10 Å². The summed E-state index contributed by atoms with van der Waals surface area (Å²) >= 11 is 6.16. The van der Waals surface area contributed by atoms with Crippen LogP contribution in [0.4, 0.5) is 0 Å². The Morgan fingerprint density at radius 3 is 2.61 bits per heavy atom. The summed E-state index contributed by atoms with van der Waals surface area (Å²) in [5.74, 6) is 1.14. The largest absolute Gasteiger partial charge is 0.481 e. The lowest BCUT2D eigenvalue weighted by Crippen LogP contribution is -2.36. The molecular weight excluding hydrogens is 378 g/mol. The third kappa shape index (κ3) is 4.70. The minimum Gasteiger partial charge on any atom is -0.481 e. The number of ether oxygens (including phenoxy) is 1. The number of nitrogens with zero attached hydrogens (tertiary/aromatic N) is 2. The minimum absolute atomic E-state index is 0.129. The van der Waals surface area contributed by atoms with Crippen LogP contribution in [0.15, 0.2) is 40.9 Å². The quantitative estimate of drug-likeness (QED) is 0.664. The zero-order valence-corrected chi connectivity index (χ0v) is 17.0. The molecule has 146 valence electrons. The Balaban J connectivity index is 1.58. The molecule has 0 saturated carbocycles. The molecule has 0 saturated heterocycles. The highest BCUT2D eigenvalue weighted by Crippen LogP contribution is 2.26. The van der Waals surface area contributed by atoms with Crippen LogP contribution < -0.4 is 10.1 Å². The second-order valence-electron chi connectivity index (χ2n) is 6.73. The highest BCUT2D eigenvalue weighted by molar-refractivity contribution is 6.32. The Kier molecular flexibility index (Phi) is 5.99. The molecule has 0 radical (unpaired) electrons. The smallest absolute Gasteiger partial charge is 0.261 e. The summed E-state index contributed by atoms with van der Waals surface area (Å²) in [5, 5.41) is 7.41. The van der Waals surface area contributed by atoms with Gasteiger partial charge in [0, 0.05) is 10.6 Å². The molecule has 1 amide bonds. The first-order chi connectivity index (χ1) is 13.3. The molecule has 0 aliphatic rings. The van der Waals surface area contributed by atoms with E-state index in [0.717, 1.165) is 22.3 Å². The van der Waals surface area contributed by atoms with Crippen molar-refractivity contribution in [3.8, 4) is 17.1 Å². The van der Waals surface area contributed by atoms with Gasteiger partial charge in [-0.1, -0.05) is 40.5 Å². The maximum Gasteiger partial charge on any atom is 0.261 e. The number of hydrogen-bond donors (Lipinski definition) is 1. The van der Waals surface area contributed by atoms with Gasteiger partial charge in [0.05, 0.1) is 6.54 Å². The number of halogens is 1. The van der Waals surface area contributed by atoms with Crippen molar-refractivity contribution in [1.82, 2.24) is 15.5 Å². The first-order valence-electron chi connectivity index (χ1n) is 8.94. The number of amides is 1. The van der Waals surface area contributed by atoms with Gasteiger partial charge in [-0.25, -0.2) is 0 Å². The van der Waals surface area contributed by atoms with Crippen LogP contribution in [0.3, 0.4) is 0 Å². The Morgan fingerprint density at radius 1 is 1.21 bits per heavy atom. The van der Waals surface area contributed by atoms with Crippen LogP contribution in [-0.4, -0.2) is 22.2 Å². The van der Waals surface area contributed by atoms with E-state index in [4.69, 9.17) is 20.9 Å². The van der Waals surface area contributed by atoms with E-state index in [1.165, 1.54) is 0 Å². The van der Waals surface area contributed by atoms with Gasteiger partial charge in [0.1, 0.15) is 5.75 Å². The standard InChI is InChI=1S/C21H22ClN3O3/c1-12-6-5-7-16(8-12)20-24-18(28-25-20)11-23-21(26)15(4)27-17-9-13(2)19(22)14(3)10-17/h5-10,15H,11H2,1-4H3,(H,23,26)/t15-/m0/s1. The minimum atomic E-state index is -0.681. The van der Waals surface area contributed by atoms with Gasteiger partial charge in [-0.2, -0.15) is 4.98 Å². The average Bonchev–Trinajstić information content (AvgIpc) is 3.13. The van der Waals surface area contributed by atoms with Crippen LogP contribution in [0, 0.1) is 20.8 Å². The predicted molar refractivity (Wildman–Crippen MR) is 107 cm³/mol. The maximum atomic E-state index is 12.3. The number of nitrogens with one attached hydrogen (secondary N) is 1. The van der Waals surface area contributed by atoms with Crippen LogP contribution in [0.5, 0.6) is 5.75 Å². The van der Waals surface area contributed by atoms with Gasteiger partial charge >= 0.3 is 0 Å². The van der Waals surface area contributed by atoms with Crippen LogP contribution in [0.25, 0.3) is 11.4 Å². The number of hydrogen-bond acceptors (Lipinski definition) is 5. The van der Waals surface area contributed by atoms with Gasteiger partial charge in [-0.3, -0.25) is 4.79 Å². The normalized spacial score (nSPS) is 11.9. The lowest BCUT2D eigenvalue weighted by atomic mass is 10.1. The molecule has 3 aromatic rings. The molecule has 2 aromatic carbocycles. The van der Waals surface area contributed by atoms with E-state index in [0.29, 0.717) is 22.5 Å². The van der Waals surface area contributed by atoms with Crippen molar-refractivity contribution in [2.75, 3.05) is 0 Å². The third-order valence-corrected chi connectivity index (χ3v) is 4.85. The molecule has 1 N–H and O–H groups in total. The summed E-state index contributed by atoms with van der Waals surface area (Å²) in [6, 6.07) is 11.4. The molecule has 0 aliphatic carbocycles. The van der Waals surface area contributed by atoms with E-state index in [2.05, 4.69) is 15.5 Å². The first-order valence-corrected chi connectivity index (χ1v) is 9.32. The van der Waals surface area contributed by atoms with Gasteiger partial charge < -0.3 is 14.6 Å². The van der Waals surface area contributed by atoms with Crippen molar-refractivity contribution in [2.45, 2.75) is 40.3 Å². The van der Waals surface area contributed by atoms with Gasteiger partial charge in [0.2, 0.25) is 11.7 Å². The molecule has 6 nitrogen and oxygen atoms in total. The van der Waals surface area contributed by atoms with Gasteiger partial charge in [0.25, 0.3) is 5.91 Å². The molecule has 3 rings (SSSR count). The van der Waals surface area contributed by atoms with Crippen molar-refractivity contribution >= 4 is 17.5 Å². The van der Waals surface area contributed by atoms with Gasteiger partial charge in [-0.05, 0) is 57.0 Å². The Morgan fingerprint density at radius 2 is 1.93 bits per heavy atom. The molecule has 1 heterocycles. The fraction of sp³-hybridized carbons (Fsp3) is 0.286. The molecule has 28 heavy (non-hydrogen) atoms. The van der Waals surface area contributed by atoms with Crippen molar-refractivity contribution in [2.24, 2.45) is 0 Å². The third-order valence-electron chi connectivity index (χ3n) is 4.25. The van der Waals surface area contributed by atoms with E-state index in [-0.39, 0.29) is 12.5 Å². The van der Waals surface area contributed by atoms with E-state index in [9.17, 15) is 4.79 Å². The lowest BCUT2D eigenvalue weighted by Gasteiger charge is -2.15. The van der Waals surface area contributed by atoms with Crippen molar-refractivity contribution in [3.05, 3.63) is 64.0 Å². The van der Waals surface area contributed by atoms with E-state index < -0.39 is 6.10 Å². The summed E-state index contributed by atoms with van der Waals surface area (Å²) in [7, 11) is 0. The summed E-state index contributed by atoms with van der Waals surface area (Å²) in [6.45, 7) is 7.60. The fourth-order valence-corrected chi connectivity index (χ4v) is 2.88. The number of benzene rings is 2. The molecule has 0 unspecified atom stereocenters. The number of aromatic nitrogens is 2. The Bertz CT molecular complexity index is 977. The monoisotopic (exact) mass is 399 g/mol. The van der Waals surface area contributed by atoms with Crippen molar-refractivity contribution in [3.63, 3.8) is 0 Å². The van der Waals surface area contributed by atoms with Crippen molar-refractivity contribution in [1.29, 1.82) is 0 Å². The molecule has 7 heteroatoms. The Labute approximate surface area is 168 Å². The predicted octanol–water partition coefficient (Wildman–Crippen LogP) is 4.40. The van der Waals surface area contributed by atoms with Crippen LogP contribution in [-0.2, 0) is 11.3 Å². The first kappa shape index (κ1) is 19.9. The summed E-state index contributed by atoms with van der Waals surface area (Å²) in [6.07, 6.45) is -0.681. The number of carbonyl (C=O) groups is 1. The molecule has 1 atom stereocenters. The van der Waals surface area contributed by atoms with E-state index >= 15 is 0 Å². The topological polar surface area (TPSA) is 77.2 Å². The van der Waals surface area contributed by atoms with E-state index in [1.807, 2.05) is 57.2 Å².